The highest BCUT2D eigenvalue weighted by molar-refractivity contribution is 5.85. The number of hydrogen-bond donors (Lipinski definition) is 2. The van der Waals surface area contributed by atoms with E-state index in [0.717, 1.165) is 19.0 Å². The number of hydrogen-bond acceptors (Lipinski definition) is 2. The van der Waals surface area contributed by atoms with Crippen molar-refractivity contribution >= 4 is 12.4 Å². The van der Waals surface area contributed by atoms with Crippen LogP contribution >= 0.6 is 12.4 Å². The van der Waals surface area contributed by atoms with Crippen LogP contribution in [0.1, 0.15) is 25.7 Å². The number of aliphatic hydroxyl groups excluding tert-OH is 1. The summed E-state index contributed by atoms with van der Waals surface area (Å²) in [5.41, 5.74) is 0.276. The molecule has 0 amide bonds. The van der Waals surface area contributed by atoms with Crippen molar-refractivity contribution in [2.45, 2.75) is 25.7 Å². The molecule has 72 valence electrons. The van der Waals surface area contributed by atoms with E-state index in [1.54, 1.807) is 0 Å². The fourth-order valence-corrected chi connectivity index (χ4v) is 2.69. The van der Waals surface area contributed by atoms with Gasteiger partial charge in [-0.15, -0.1) is 12.4 Å². The normalized spacial score (nSPS) is 40.2. The van der Waals surface area contributed by atoms with Gasteiger partial charge >= 0.3 is 0 Å². The van der Waals surface area contributed by atoms with Gasteiger partial charge in [-0.3, -0.25) is 0 Å². The number of rotatable bonds is 1. The van der Waals surface area contributed by atoms with Crippen LogP contribution in [0.5, 0.6) is 0 Å². The molecule has 1 heterocycles. The van der Waals surface area contributed by atoms with Crippen molar-refractivity contribution in [1.82, 2.24) is 5.32 Å². The number of aliphatic hydroxyl groups is 1. The van der Waals surface area contributed by atoms with E-state index in [4.69, 9.17) is 0 Å². The Kier molecular flexibility index (Phi) is 3.38. The molecule has 0 aromatic heterocycles. The van der Waals surface area contributed by atoms with Crippen LogP contribution in [0.2, 0.25) is 0 Å². The number of halogens is 1. The van der Waals surface area contributed by atoms with E-state index in [0.29, 0.717) is 6.61 Å². The lowest BCUT2D eigenvalue weighted by atomic mass is 9.69. The molecule has 1 aliphatic carbocycles. The molecule has 3 heteroatoms. The lowest BCUT2D eigenvalue weighted by Gasteiger charge is -2.36. The first kappa shape index (κ1) is 10.3. The van der Waals surface area contributed by atoms with Gasteiger partial charge in [0.05, 0.1) is 6.61 Å². The Bertz CT molecular complexity index is 153. The van der Waals surface area contributed by atoms with Crippen LogP contribution in [0.25, 0.3) is 0 Å². The van der Waals surface area contributed by atoms with Crippen LogP contribution in [0.3, 0.4) is 0 Å². The molecule has 0 aromatic carbocycles. The molecule has 2 atom stereocenters. The number of nitrogens with one attached hydrogen (secondary N) is 1. The highest BCUT2D eigenvalue weighted by Crippen LogP contribution is 2.42. The van der Waals surface area contributed by atoms with Crippen molar-refractivity contribution in [2.75, 3.05) is 19.7 Å². The fraction of sp³-hybridized carbons (Fsp3) is 1.00. The lowest BCUT2D eigenvalue weighted by Crippen LogP contribution is -2.36. The zero-order valence-electron chi connectivity index (χ0n) is 7.38. The quantitative estimate of drug-likeness (QED) is 0.653. The summed E-state index contributed by atoms with van der Waals surface area (Å²) in [6.45, 7) is 2.58. The first-order valence-electron chi connectivity index (χ1n) is 4.69. The van der Waals surface area contributed by atoms with Crippen molar-refractivity contribution < 1.29 is 5.11 Å². The average Bonchev–Trinajstić information content (AvgIpc) is 2.48. The molecule has 12 heavy (non-hydrogen) atoms. The maximum Gasteiger partial charge on any atom is 0.0502 e. The Morgan fingerprint density at radius 3 is 2.92 bits per heavy atom. The summed E-state index contributed by atoms with van der Waals surface area (Å²) in [5, 5.41) is 12.7. The molecule has 1 aliphatic heterocycles. The van der Waals surface area contributed by atoms with Crippen molar-refractivity contribution in [3.63, 3.8) is 0 Å². The molecule has 0 unspecified atom stereocenters. The molecule has 1 saturated carbocycles. The summed E-state index contributed by atoms with van der Waals surface area (Å²) in [6, 6.07) is 0. The van der Waals surface area contributed by atoms with Crippen LogP contribution in [-0.4, -0.2) is 24.8 Å². The molecular weight excluding hydrogens is 174 g/mol. The zero-order valence-corrected chi connectivity index (χ0v) is 8.20. The van der Waals surface area contributed by atoms with Crippen LogP contribution < -0.4 is 5.32 Å². The molecule has 2 fully saturated rings. The van der Waals surface area contributed by atoms with Gasteiger partial charge in [-0.05, 0) is 25.3 Å². The van der Waals surface area contributed by atoms with Gasteiger partial charge in [0.2, 0.25) is 0 Å². The summed E-state index contributed by atoms with van der Waals surface area (Å²) < 4.78 is 0. The minimum Gasteiger partial charge on any atom is -0.396 e. The van der Waals surface area contributed by atoms with E-state index in [1.165, 1.54) is 25.7 Å². The maximum atomic E-state index is 9.31. The first-order chi connectivity index (χ1) is 5.37. The monoisotopic (exact) mass is 191 g/mol. The van der Waals surface area contributed by atoms with E-state index >= 15 is 0 Å². The predicted molar refractivity (Wildman–Crippen MR) is 51.6 cm³/mol. The third-order valence-electron chi connectivity index (χ3n) is 3.53. The Balaban J connectivity index is 0.000000720. The molecule has 0 radical (unpaired) electrons. The van der Waals surface area contributed by atoms with Crippen LogP contribution in [0.15, 0.2) is 0 Å². The van der Waals surface area contributed by atoms with Crippen LogP contribution in [0, 0.1) is 11.3 Å². The third-order valence-corrected chi connectivity index (χ3v) is 3.53. The van der Waals surface area contributed by atoms with Gasteiger partial charge in [-0.2, -0.15) is 0 Å². The Morgan fingerprint density at radius 1 is 1.42 bits per heavy atom. The van der Waals surface area contributed by atoms with Gasteiger partial charge in [-0.1, -0.05) is 12.8 Å². The van der Waals surface area contributed by atoms with E-state index < -0.39 is 0 Å². The second-order valence-corrected chi connectivity index (χ2v) is 4.09. The molecule has 2 aliphatic rings. The van der Waals surface area contributed by atoms with Crippen LogP contribution in [0.4, 0.5) is 0 Å². The van der Waals surface area contributed by atoms with Crippen molar-refractivity contribution in [1.29, 1.82) is 0 Å². The summed E-state index contributed by atoms with van der Waals surface area (Å²) in [4.78, 5) is 0. The van der Waals surface area contributed by atoms with Gasteiger partial charge < -0.3 is 10.4 Å². The molecule has 2 nitrogen and oxygen atoms in total. The summed E-state index contributed by atoms with van der Waals surface area (Å²) in [6.07, 6.45) is 5.25. The van der Waals surface area contributed by atoms with Crippen molar-refractivity contribution in [3.05, 3.63) is 0 Å². The number of fused-ring (bicyclic) bond motifs is 1. The molecule has 0 spiro atoms. The van der Waals surface area contributed by atoms with E-state index in [1.807, 2.05) is 0 Å². The van der Waals surface area contributed by atoms with Gasteiger partial charge in [0.25, 0.3) is 0 Å². The summed E-state index contributed by atoms with van der Waals surface area (Å²) in [5.74, 6) is 0.765. The molecule has 1 saturated heterocycles. The zero-order chi connectivity index (χ0) is 7.73. The highest BCUT2D eigenvalue weighted by Gasteiger charge is 2.43. The van der Waals surface area contributed by atoms with Crippen molar-refractivity contribution in [2.24, 2.45) is 11.3 Å². The van der Waals surface area contributed by atoms with E-state index in [-0.39, 0.29) is 17.8 Å². The Labute approximate surface area is 80.1 Å². The third kappa shape index (κ3) is 1.48. The Morgan fingerprint density at radius 2 is 2.25 bits per heavy atom. The minimum absolute atomic E-state index is 0. The Hall–Kier alpha value is 0.210. The maximum absolute atomic E-state index is 9.31. The highest BCUT2D eigenvalue weighted by atomic mass is 35.5. The van der Waals surface area contributed by atoms with Crippen LogP contribution in [-0.2, 0) is 0 Å². The average molecular weight is 192 g/mol. The minimum atomic E-state index is 0. The van der Waals surface area contributed by atoms with Gasteiger partial charge in [0, 0.05) is 12.0 Å². The molecule has 2 rings (SSSR count). The second kappa shape index (κ2) is 3.95. The largest absolute Gasteiger partial charge is 0.396 e. The van der Waals surface area contributed by atoms with Gasteiger partial charge in [0.1, 0.15) is 0 Å². The molecule has 2 N–H and O–H groups in total. The molecule has 0 bridgehead atoms. The molecular formula is C9H18ClNO. The van der Waals surface area contributed by atoms with Gasteiger partial charge in [0.15, 0.2) is 0 Å². The lowest BCUT2D eigenvalue weighted by molar-refractivity contribution is 0.0621. The summed E-state index contributed by atoms with van der Waals surface area (Å²) >= 11 is 0. The SMILES string of the molecule is Cl.OC[C@]12CCCC[C@H]1CNC2. The van der Waals surface area contributed by atoms with Gasteiger partial charge in [-0.25, -0.2) is 0 Å². The van der Waals surface area contributed by atoms with E-state index in [9.17, 15) is 5.11 Å². The topological polar surface area (TPSA) is 32.3 Å². The predicted octanol–water partition coefficient (Wildman–Crippen LogP) is 1.18. The van der Waals surface area contributed by atoms with E-state index in [2.05, 4.69) is 5.32 Å². The van der Waals surface area contributed by atoms with Crippen molar-refractivity contribution in [3.8, 4) is 0 Å². The molecule has 0 aromatic rings. The fourth-order valence-electron chi connectivity index (χ4n) is 2.69. The second-order valence-electron chi connectivity index (χ2n) is 4.09. The smallest absolute Gasteiger partial charge is 0.0502 e. The standard InChI is InChI=1S/C9H17NO.ClH/c11-7-9-4-2-1-3-8(9)5-10-6-9;/h8,10-11H,1-7H2;1H/t8-,9+;/m0./s1. The first-order valence-corrected chi connectivity index (χ1v) is 4.69. The summed E-state index contributed by atoms with van der Waals surface area (Å²) in [7, 11) is 0.